The molecule has 2 aromatic rings. The van der Waals surface area contributed by atoms with E-state index in [1.54, 1.807) is 0 Å². The number of aromatic nitrogens is 2. The van der Waals surface area contributed by atoms with Crippen LogP contribution in [0.25, 0.3) is 11.7 Å². The normalized spacial score (nSPS) is 11.6. The van der Waals surface area contributed by atoms with Crippen molar-refractivity contribution in [2.24, 2.45) is 0 Å². The third-order valence-corrected chi connectivity index (χ3v) is 2.54. The maximum atomic E-state index is 6.00. The summed E-state index contributed by atoms with van der Waals surface area (Å²) in [5, 5.41) is 1.34. The fourth-order valence-electron chi connectivity index (χ4n) is 1.29. The molecule has 0 amide bonds. The van der Waals surface area contributed by atoms with E-state index in [9.17, 15) is 0 Å². The Balaban J connectivity index is 2.62. The molecule has 0 saturated carbocycles. The van der Waals surface area contributed by atoms with E-state index in [1.807, 2.05) is 40.9 Å². The third kappa shape index (κ3) is 1.70. The molecule has 0 unspecified atom stereocenters. The van der Waals surface area contributed by atoms with Crippen molar-refractivity contribution < 1.29 is 0 Å². The fraction of sp³-hybridized carbons (Fsp3) is 0.100. The van der Waals surface area contributed by atoms with E-state index in [-0.39, 0.29) is 0 Å². The molecule has 2 nitrogen and oxygen atoms in total. The predicted molar refractivity (Wildman–Crippen MR) is 63.0 cm³/mol. The number of nitrogens with zero attached hydrogens (tertiary/aromatic N) is 2. The second-order valence-corrected chi connectivity index (χ2v) is 3.78. The summed E-state index contributed by atoms with van der Waals surface area (Å²) in [5.41, 5.74) is 1.79. The van der Waals surface area contributed by atoms with Gasteiger partial charge in [0.15, 0.2) is 5.15 Å². The van der Waals surface area contributed by atoms with Crippen LogP contribution in [0.4, 0.5) is 0 Å². The Kier molecular flexibility index (Phi) is 2.89. The quantitative estimate of drug-likeness (QED) is 0.765. The zero-order chi connectivity index (χ0) is 9.97. The Morgan fingerprint density at radius 1 is 1.50 bits per heavy atom. The van der Waals surface area contributed by atoms with Crippen LogP contribution in [0.2, 0.25) is 5.15 Å². The van der Waals surface area contributed by atoms with Crippen LogP contribution >= 0.6 is 27.5 Å². The number of hydrogen-bond acceptors (Lipinski definition) is 1. The van der Waals surface area contributed by atoms with Crippen molar-refractivity contribution in [3.63, 3.8) is 0 Å². The Morgan fingerprint density at radius 2 is 2.36 bits per heavy atom. The van der Waals surface area contributed by atoms with Gasteiger partial charge in [-0.05, 0) is 18.2 Å². The van der Waals surface area contributed by atoms with E-state index in [0.717, 1.165) is 16.7 Å². The van der Waals surface area contributed by atoms with Crippen LogP contribution in [0, 0.1) is 0 Å². The van der Waals surface area contributed by atoms with Gasteiger partial charge in [-0.25, -0.2) is 4.98 Å². The lowest BCUT2D eigenvalue weighted by atomic mass is 10.4. The molecule has 0 aromatic carbocycles. The molecule has 0 radical (unpaired) electrons. The van der Waals surface area contributed by atoms with Crippen LogP contribution in [0.15, 0.2) is 30.5 Å². The molecule has 0 atom stereocenters. The lowest BCUT2D eigenvalue weighted by Crippen LogP contribution is -1.85. The van der Waals surface area contributed by atoms with E-state index in [1.165, 1.54) is 0 Å². The summed E-state index contributed by atoms with van der Waals surface area (Å²) in [6, 6.07) is 5.82. The topological polar surface area (TPSA) is 17.3 Å². The minimum absolute atomic E-state index is 0.536. The summed E-state index contributed by atoms with van der Waals surface area (Å²) in [4.78, 5) is 4.23. The largest absolute Gasteiger partial charge is 0.299 e. The molecular formula is C10H8BrClN2. The van der Waals surface area contributed by atoms with E-state index < -0.39 is 0 Å². The first kappa shape index (κ1) is 9.74. The van der Waals surface area contributed by atoms with Gasteiger partial charge in [0.2, 0.25) is 0 Å². The van der Waals surface area contributed by atoms with Crippen LogP contribution < -0.4 is 0 Å². The van der Waals surface area contributed by atoms with Crippen LogP contribution in [0.5, 0.6) is 0 Å². The number of hydrogen-bond donors (Lipinski definition) is 0. The van der Waals surface area contributed by atoms with Crippen molar-refractivity contribution in [1.29, 1.82) is 0 Å². The maximum absolute atomic E-state index is 6.00. The molecule has 2 rings (SSSR count). The van der Waals surface area contributed by atoms with Gasteiger partial charge in [-0.3, -0.25) is 4.40 Å². The number of rotatable bonds is 2. The molecule has 0 fully saturated rings. The van der Waals surface area contributed by atoms with Gasteiger partial charge in [0.05, 0.1) is 5.69 Å². The SMILES string of the molecule is Clc1nc2ccccn2c1C=CCBr. The summed E-state index contributed by atoms with van der Waals surface area (Å²) >= 11 is 9.33. The molecule has 14 heavy (non-hydrogen) atoms. The van der Waals surface area contributed by atoms with Crippen molar-refractivity contribution in [3.05, 3.63) is 41.3 Å². The van der Waals surface area contributed by atoms with Gasteiger partial charge in [-0.15, -0.1) is 0 Å². The minimum atomic E-state index is 0.536. The summed E-state index contributed by atoms with van der Waals surface area (Å²) < 4.78 is 1.96. The second-order valence-electron chi connectivity index (χ2n) is 2.77. The van der Waals surface area contributed by atoms with E-state index >= 15 is 0 Å². The van der Waals surface area contributed by atoms with Crippen molar-refractivity contribution in [3.8, 4) is 0 Å². The van der Waals surface area contributed by atoms with Gasteiger partial charge < -0.3 is 0 Å². The highest BCUT2D eigenvalue weighted by molar-refractivity contribution is 9.09. The van der Waals surface area contributed by atoms with E-state index in [4.69, 9.17) is 11.6 Å². The van der Waals surface area contributed by atoms with Crippen LogP contribution in [0.3, 0.4) is 0 Å². The van der Waals surface area contributed by atoms with Crippen molar-refractivity contribution >= 4 is 39.3 Å². The van der Waals surface area contributed by atoms with Crippen molar-refractivity contribution in [1.82, 2.24) is 9.38 Å². The predicted octanol–water partition coefficient (Wildman–Crippen LogP) is 3.40. The smallest absolute Gasteiger partial charge is 0.155 e. The van der Waals surface area contributed by atoms with Crippen LogP contribution in [-0.2, 0) is 0 Å². The second kappa shape index (κ2) is 4.15. The number of pyridine rings is 1. The van der Waals surface area contributed by atoms with Gasteiger partial charge >= 0.3 is 0 Å². The maximum Gasteiger partial charge on any atom is 0.155 e. The van der Waals surface area contributed by atoms with Crippen molar-refractivity contribution in [2.45, 2.75) is 0 Å². The molecule has 0 saturated heterocycles. The standard InChI is InChI=1S/C10H8BrClN2/c11-6-3-4-8-10(12)13-9-5-1-2-7-14(8)9/h1-5,7H,6H2. The van der Waals surface area contributed by atoms with Gasteiger partial charge in [-0.1, -0.05) is 39.7 Å². The molecule has 0 N–H and O–H groups in total. The zero-order valence-corrected chi connectivity index (χ0v) is 9.66. The lowest BCUT2D eigenvalue weighted by molar-refractivity contribution is 1.17. The monoisotopic (exact) mass is 270 g/mol. The average molecular weight is 272 g/mol. The lowest BCUT2D eigenvalue weighted by Gasteiger charge is -1.94. The third-order valence-electron chi connectivity index (χ3n) is 1.89. The molecule has 0 bridgehead atoms. The number of imidazole rings is 1. The van der Waals surface area contributed by atoms with Crippen LogP contribution in [-0.4, -0.2) is 14.7 Å². The molecule has 0 aliphatic rings. The summed E-state index contributed by atoms with van der Waals surface area (Å²) in [6.07, 6.45) is 5.89. The molecule has 0 aliphatic heterocycles. The Labute approximate surface area is 95.3 Å². The molecule has 2 aromatic heterocycles. The summed E-state index contributed by atoms with van der Waals surface area (Å²) in [5.74, 6) is 0. The Morgan fingerprint density at radius 3 is 3.14 bits per heavy atom. The Bertz CT molecular complexity index is 476. The van der Waals surface area contributed by atoms with Gasteiger partial charge in [0.1, 0.15) is 5.65 Å². The number of allylic oxidation sites excluding steroid dienone is 1. The molecule has 0 aliphatic carbocycles. The molecule has 2 heterocycles. The number of halogens is 2. The Hall–Kier alpha value is -0.800. The molecule has 4 heteroatoms. The zero-order valence-electron chi connectivity index (χ0n) is 7.32. The first-order valence-corrected chi connectivity index (χ1v) is 5.68. The minimum Gasteiger partial charge on any atom is -0.299 e. The van der Waals surface area contributed by atoms with Crippen LogP contribution in [0.1, 0.15) is 5.69 Å². The average Bonchev–Trinajstić information content (AvgIpc) is 2.51. The first-order valence-electron chi connectivity index (χ1n) is 4.18. The highest BCUT2D eigenvalue weighted by atomic mass is 79.9. The molecule has 0 spiro atoms. The highest BCUT2D eigenvalue weighted by Gasteiger charge is 2.05. The number of alkyl halides is 1. The van der Waals surface area contributed by atoms with Crippen molar-refractivity contribution in [2.75, 3.05) is 5.33 Å². The highest BCUT2D eigenvalue weighted by Crippen LogP contribution is 2.18. The molecular weight excluding hydrogens is 263 g/mol. The summed E-state index contributed by atoms with van der Waals surface area (Å²) in [6.45, 7) is 0. The molecule has 72 valence electrons. The first-order chi connectivity index (χ1) is 6.83. The number of fused-ring (bicyclic) bond motifs is 1. The van der Waals surface area contributed by atoms with Gasteiger partial charge in [0.25, 0.3) is 0 Å². The van der Waals surface area contributed by atoms with Gasteiger partial charge in [-0.2, -0.15) is 0 Å². The van der Waals surface area contributed by atoms with E-state index in [0.29, 0.717) is 5.15 Å². The van der Waals surface area contributed by atoms with Gasteiger partial charge in [0, 0.05) is 11.5 Å². The summed E-state index contributed by atoms with van der Waals surface area (Å²) in [7, 11) is 0. The fourth-order valence-corrected chi connectivity index (χ4v) is 1.72. The van der Waals surface area contributed by atoms with E-state index in [2.05, 4.69) is 20.9 Å².